The monoisotopic (exact) mass is 280 g/mol. The van der Waals surface area contributed by atoms with E-state index in [0.717, 1.165) is 31.7 Å². The lowest BCUT2D eigenvalue weighted by atomic mass is 10.0. The van der Waals surface area contributed by atoms with Gasteiger partial charge in [-0.05, 0) is 45.4 Å². The van der Waals surface area contributed by atoms with E-state index in [4.69, 9.17) is 15.2 Å². The van der Waals surface area contributed by atoms with Crippen molar-refractivity contribution in [2.75, 3.05) is 38.8 Å². The molecule has 1 rings (SSSR count). The molecular formula is C16H28N2O2. The Labute approximate surface area is 122 Å². The first kappa shape index (κ1) is 16.8. The van der Waals surface area contributed by atoms with Crippen LogP contribution in [0.1, 0.15) is 26.7 Å². The van der Waals surface area contributed by atoms with E-state index < -0.39 is 0 Å². The first-order valence-corrected chi connectivity index (χ1v) is 7.16. The molecule has 0 saturated carbocycles. The van der Waals surface area contributed by atoms with E-state index >= 15 is 0 Å². The highest BCUT2D eigenvalue weighted by molar-refractivity contribution is 5.50. The number of anilines is 1. The zero-order chi connectivity index (χ0) is 15.0. The Morgan fingerprint density at radius 1 is 1.20 bits per heavy atom. The van der Waals surface area contributed by atoms with Gasteiger partial charge in [0.2, 0.25) is 0 Å². The van der Waals surface area contributed by atoms with Crippen molar-refractivity contribution in [3.8, 4) is 5.75 Å². The molecule has 0 aliphatic heterocycles. The van der Waals surface area contributed by atoms with Crippen LogP contribution in [-0.2, 0) is 4.74 Å². The minimum Gasteiger partial charge on any atom is -0.497 e. The Kier molecular flexibility index (Phi) is 6.82. The molecule has 0 aliphatic rings. The third-order valence-electron chi connectivity index (χ3n) is 3.59. The summed E-state index contributed by atoms with van der Waals surface area (Å²) in [6, 6.07) is 8.16. The van der Waals surface area contributed by atoms with Gasteiger partial charge in [-0.15, -0.1) is 0 Å². The average Bonchev–Trinajstić information content (AvgIpc) is 2.47. The van der Waals surface area contributed by atoms with Crippen molar-refractivity contribution in [1.29, 1.82) is 0 Å². The smallest absolute Gasteiger partial charge is 0.120 e. The topological polar surface area (TPSA) is 47.7 Å². The molecule has 4 heteroatoms. The number of hydrogen-bond donors (Lipinski definition) is 1. The van der Waals surface area contributed by atoms with Gasteiger partial charge in [-0.25, -0.2) is 0 Å². The molecule has 0 atom stereocenters. The van der Waals surface area contributed by atoms with Gasteiger partial charge in [0.1, 0.15) is 5.75 Å². The Bertz CT molecular complexity index is 394. The van der Waals surface area contributed by atoms with Gasteiger partial charge < -0.3 is 20.1 Å². The molecule has 20 heavy (non-hydrogen) atoms. The summed E-state index contributed by atoms with van der Waals surface area (Å²) in [5, 5.41) is 0. The van der Waals surface area contributed by atoms with Crippen LogP contribution in [0.4, 0.5) is 5.69 Å². The fourth-order valence-corrected chi connectivity index (χ4v) is 1.97. The normalized spacial score (nSPS) is 11.4. The molecule has 0 aliphatic carbocycles. The summed E-state index contributed by atoms with van der Waals surface area (Å²) in [5.41, 5.74) is 6.70. The minimum atomic E-state index is -0.111. The van der Waals surface area contributed by atoms with E-state index in [9.17, 15) is 0 Å². The summed E-state index contributed by atoms with van der Waals surface area (Å²) in [6.45, 7) is 6.81. The van der Waals surface area contributed by atoms with Crippen LogP contribution in [0.15, 0.2) is 24.3 Å². The molecule has 0 fully saturated rings. The van der Waals surface area contributed by atoms with Crippen LogP contribution in [0.25, 0.3) is 0 Å². The lowest BCUT2D eigenvalue weighted by Crippen LogP contribution is -2.33. The van der Waals surface area contributed by atoms with Crippen LogP contribution >= 0.6 is 0 Å². The number of nitrogens with zero attached hydrogens (tertiary/aromatic N) is 1. The van der Waals surface area contributed by atoms with Crippen LogP contribution in [0, 0.1) is 0 Å². The van der Waals surface area contributed by atoms with Crippen LogP contribution in [0.5, 0.6) is 5.75 Å². The average molecular weight is 280 g/mol. The van der Waals surface area contributed by atoms with Crippen molar-refractivity contribution in [2.45, 2.75) is 32.3 Å². The largest absolute Gasteiger partial charge is 0.497 e. The quantitative estimate of drug-likeness (QED) is 0.755. The zero-order valence-electron chi connectivity index (χ0n) is 13.2. The van der Waals surface area contributed by atoms with Gasteiger partial charge >= 0.3 is 0 Å². The van der Waals surface area contributed by atoms with Crippen LogP contribution in [0.2, 0.25) is 0 Å². The van der Waals surface area contributed by atoms with Gasteiger partial charge in [0.15, 0.2) is 0 Å². The number of ether oxygens (including phenoxy) is 2. The Balaban J connectivity index is 2.76. The first-order valence-electron chi connectivity index (χ1n) is 7.16. The standard InChI is InChI=1S/C16H28N2O2/c1-16(2,20-4)9-12-18(11-6-10-17)14-7-5-8-15(13-14)19-3/h5,7-8,13H,6,9-12,17H2,1-4H3. The van der Waals surface area contributed by atoms with Crippen molar-refractivity contribution >= 4 is 5.69 Å². The van der Waals surface area contributed by atoms with E-state index in [-0.39, 0.29) is 5.60 Å². The maximum atomic E-state index is 5.64. The predicted molar refractivity (Wildman–Crippen MR) is 84.6 cm³/mol. The van der Waals surface area contributed by atoms with Crippen molar-refractivity contribution in [3.63, 3.8) is 0 Å². The molecule has 0 heterocycles. The molecule has 114 valence electrons. The summed E-state index contributed by atoms with van der Waals surface area (Å²) in [5.74, 6) is 0.881. The van der Waals surface area contributed by atoms with Gasteiger partial charge in [0.25, 0.3) is 0 Å². The maximum Gasteiger partial charge on any atom is 0.120 e. The van der Waals surface area contributed by atoms with Gasteiger partial charge in [-0.1, -0.05) is 6.07 Å². The molecule has 0 amide bonds. The molecule has 1 aromatic carbocycles. The molecule has 1 aromatic rings. The van der Waals surface area contributed by atoms with Crippen LogP contribution in [-0.4, -0.2) is 39.5 Å². The van der Waals surface area contributed by atoms with E-state index in [1.54, 1.807) is 14.2 Å². The predicted octanol–water partition coefficient (Wildman–Crippen LogP) is 2.67. The van der Waals surface area contributed by atoms with Crippen molar-refractivity contribution in [2.24, 2.45) is 5.73 Å². The number of nitrogens with two attached hydrogens (primary N) is 1. The van der Waals surface area contributed by atoms with E-state index in [0.29, 0.717) is 6.54 Å². The van der Waals surface area contributed by atoms with Crippen molar-refractivity contribution in [1.82, 2.24) is 0 Å². The lowest BCUT2D eigenvalue weighted by molar-refractivity contribution is 0.0172. The molecule has 0 bridgehead atoms. The summed E-state index contributed by atoms with van der Waals surface area (Å²) in [7, 11) is 3.45. The second-order valence-corrected chi connectivity index (χ2v) is 5.54. The third-order valence-corrected chi connectivity index (χ3v) is 3.59. The van der Waals surface area contributed by atoms with Gasteiger partial charge in [0.05, 0.1) is 12.7 Å². The first-order chi connectivity index (χ1) is 9.52. The number of benzene rings is 1. The van der Waals surface area contributed by atoms with E-state index in [1.165, 1.54) is 5.69 Å². The van der Waals surface area contributed by atoms with Crippen LogP contribution < -0.4 is 15.4 Å². The van der Waals surface area contributed by atoms with Crippen molar-refractivity contribution in [3.05, 3.63) is 24.3 Å². The zero-order valence-corrected chi connectivity index (χ0v) is 13.2. The highest BCUT2D eigenvalue weighted by Gasteiger charge is 2.18. The van der Waals surface area contributed by atoms with E-state index in [2.05, 4.69) is 30.9 Å². The summed E-state index contributed by atoms with van der Waals surface area (Å²) < 4.78 is 10.8. The third kappa shape index (κ3) is 5.39. The number of methoxy groups -OCH3 is 2. The van der Waals surface area contributed by atoms with Gasteiger partial charge in [0, 0.05) is 32.0 Å². The second-order valence-electron chi connectivity index (χ2n) is 5.54. The molecule has 0 unspecified atom stereocenters. The summed E-state index contributed by atoms with van der Waals surface area (Å²) in [6.07, 6.45) is 1.94. The maximum absolute atomic E-state index is 5.64. The fourth-order valence-electron chi connectivity index (χ4n) is 1.97. The highest BCUT2D eigenvalue weighted by Crippen LogP contribution is 2.23. The summed E-state index contributed by atoms with van der Waals surface area (Å²) >= 11 is 0. The Morgan fingerprint density at radius 2 is 1.95 bits per heavy atom. The SMILES string of the molecule is COc1cccc(N(CCCN)CCC(C)(C)OC)c1. The van der Waals surface area contributed by atoms with Gasteiger partial charge in [-0.2, -0.15) is 0 Å². The van der Waals surface area contributed by atoms with Crippen molar-refractivity contribution < 1.29 is 9.47 Å². The molecule has 0 radical (unpaired) electrons. The Hall–Kier alpha value is -1.26. The van der Waals surface area contributed by atoms with Gasteiger partial charge in [-0.3, -0.25) is 0 Å². The van der Waals surface area contributed by atoms with Crippen LogP contribution in [0.3, 0.4) is 0 Å². The minimum absolute atomic E-state index is 0.111. The molecule has 0 aromatic heterocycles. The molecule has 4 nitrogen and oxygen atoms in total. The molecule has 0 spiro atoms. The number of hydrogen-bond acceptors (Lipinski definition) is 4. The fraction of sp³-hybridized carbons (Fsp3) is 0.625. The molecule has 2 N–H and O–H groups in total. The molecular weight excluding hydrogens is 252 g/mol. The van der Waals surface area contributed by atoms with E-state index in [1.807, 2.05) is 12.1 Å². The summed E-state index contributed by atoms with van der Waals surface area (Å²) in [4.78, 5) is 2.34. The molecule has 0 saturated heterocycles. The second kappa shape index (κ2) is 8.12. The lowest BCUT2D eigenvalue weighted by Gasteiger charge is -2.30. The Morgan fingerprint density at radius 3 is 2.55 bits per heavy atom. The highest BCUT2D eigenvalue weighted by atomic mass is 16.5. The number of rotatable bonds is 9.